The van der Waals surface area contributed by atoms with Gasteiger partial charge in [0.2, 0.25) is 0 Å². The topological polar surface area (TPSA) is 70.7 Å². The van der Waals surface area contributed by atoms with E-state index in [2.05, 4.69) is 0 Å². The van der Waals surface area contributed by atoms with Crippen LogP contribution in [0.2, 0.25) is 0 Å². The van der Waals surface area contributed by atoms with Crippen molar-refractivity contribution in [2.45, 2.75) is 19.8 Å². The highest BCUT2D eigenvalue weighted by Gasteiger charge is 2.14. The van der Waals surface area contributed by atoms with E-state index in [1.165, 1.54) is 13.0 Å². The number of phenolic OH excluding ortho intramolecular Hbond substituents is 1. The maximum Gasteiger partial charge on any atom is 0.163 e. The molecule has 0 aliphatic carbocycles. The number of benzene rings is 1. The van der Waals surface area contributed by atoms with Gasteiger partial charge < -0.3 is 14.6 Å². The zero-order valence-electron chi connectivity index (χ0n) is 9.73. The fraction of sp³-hybridized carbons (Fsp3) is 0.308. The van der Waals surface area contributed by atoms with Crippen LogP contribution in [0.5, 0.6) is 5.75 Å². The second-order valence-electron chi connectivity index (χ2n) is 4.20. The number of hydrogen-bond acceptors (Lipinski definition) is 4. The number of Topliss-reactive ketones (excluding diaryl/α,β-unsaturated/α-hetero) is 1. The molecule has 0 amide bonds. The largest absolute Gasteiger partial charge is 0.507 e. The molecule has 17 heavy (non-hydrogen) atoms. The number of hydrogen-bond donors (Lipinski definition) is 2. The summed E-state index contributed by atoms with van der Waals surface area (Å²) in [7, 11) is 0. The van der Waals surface area contributed by atoms with Crippen LogP contribution in [0.1, 0.15) is 35.9 Å². The Labute approximate surface area is 98.5 Å². The number of carbonyl (C=O) groups is 1. The van der Waals surface area contributed by atoms with Gasteiger partial charge in [0, 0.05) is 17.4 Å². The first-order chi connectivity index (χ1) is 8.02. The van der Waals surface area contributed by atoms with Crippen molar-refractivity contribution in [2.75, 3.05) is 6.61 Å². The molecule has 0 saturated heterocycles. The zero-order chi connectivity index (χ0) is 12.6. The summed E-state index contributed by atoms with van der Waals surface area (Å²) in [6, 6.07) is 4.81. The van der Waals surface area contributed by atoms with Crippen molar-refractivity contribution in [3.8, 4) is 5.75 Å². The first-order valence-corrected chi connectivity index (χ1v) is 5.41. The molecule has 0 bridgehead atoms. The van der Waals surface area contributed by atoms with E-state index < -0.39 is 0 Å². The number of carbonyl (C=O) groups excluding carboxylic acids is 1. The maximum absolute atomic E-state index is 11.3. The fourth-order valence-corrected chi connectivity index (χ4v) is 1.71. The molecule has 0 fully saturated rings. The van der Waals surface area contributed by atoms with E-state index in [9.17, 15) is 9.90 Å². The number of phenols is 1. The van der Waals surface area contributed by atoms with Crippen molar-refractivity contribution in [3.63, 3.8) is 0 Å². The highest BCUT2D eigenvalue weighted by molar-refractivity contribution is 6.00. The third-order valence-electron chi connectivity index (χ3n) is 2.79. The molecule has 90 valence electrons. The van der Waals surface area contributed by atoms with Gasteiger partial charge in [0.05, 0.1) is 12.2 Å². The summed E-state index contributed by atoms with van der Waals surface area (Å²) in [4.78, 5) is 11.3. The molecule has 1 heterocycles. The number of fused-ring (bicyclic) bond motifs is 1. The number of aliphatic hydroxyl groups excluding tert-OH is 1. The molecule has 0 aliphatic rings. The molecule has 0 unspecified atom stereocenters. The first-order valence-electron chi connectivity index (χ1n) is 5.41. The Morgan fingerprint density at radius 2 is 2.12 bits per heavy atom. The second-order valence-corrected chi connectivity index (χ2v) is 4.20. The van der Waals surface area contributed by atoms with Crippen molar-refractivity contribution in [1.82, 2.24) is 0 Å². The van der Waals surface area contributed by atoms with Crippen LogP contribution in [0.3, 0.4) is 0 Å². The van der Waals surface area contributed by atoms with Gasteiger partial charge in [0.25, 0.3) is 0 Å². The van der Waals surface area contributed by atoms with Gasteiger partial charge >= 0.3 is 0 Å². The highest BCUT2D eigenvalue weighted by atomic mass is 16.3. The van der Waals surface area contributed by atoms with E-state index in [1.54, 1.807) is 12.1 Å². The van der Waals surface area contributed by atoms with Crippen LogP contribution in [-0.4, -0.2) is 22.6 Å². The third kappa shape index (κ3) is 2.03. The van der Waals surface area contributed by atoms with E-state index >= 15 is 0 Å². The monoisotopic (exact) mass is 234 g/mol. The van der Waals surface area contributed by atoms with Crippen LogP contribution in [0, 0.1) is 0 Å². The molecular formula is C13H14O4. The number of rotatable bonds is 3. The summed E-state index contributed by atoms with van der Waals surface area (Å²) in [5.41, 5.74) is 0.796. The molecule has 0 radical (unpaired) electrons. The molecule has 0 saturated carbocycles. The lowest BCUT2D eigenvalue weighted by Crippen LogP contribution is -1.95. The average Bonchev–Trinajstić information content (AvgIpc) is 2.69. The summed E-state index contributed by atoms with van der Waals surface area (Å²) in [5.74, 6) is 0.262. The van der Waals surface area contributed by atoms with Crippen LogP contribution in [0.15, 0.2) is 22.6 Å². The highest BCUT2D eigenvalue weighted by Crippen LogP contribution is 2.30. The van der Waals surface area contributed by atoms with Crippen molar-refractivity contribution >= 4 is 16.8 Å². The Balaban J connectivity index is 2.58. The molecule has 4 heteroatoms. The predicted octanol–water partition coefficient (Wildman–Crippen LogP) is 2.44. The lowest BCUT2D eigenvalue weighted by atomic mass is 10.1. The van der Waals surface area contributed by atoms with Crippen molar-refractivity contribution < 1.29 is 19.4 Å². The Kier molecular flexibility index (Phi) is 2.90. The summed E-state index contributed by atoms with van der Waals surface area (Å²) < 4.78 is 5.50. The quantitative estimate of drug-likeness (QED) is 0.800. The van der Waals surface area contributed by atoms with Gasteiger partial charge in [-0.2, -0.15) is 0 Å². The standard InChI is InChI=1S/C13H14O4/c1-7(6-14)12-4-9-3-10(8(2)15)11(16)5-13(9)17-12/h3-5,7,14,16H,6H2,1-2H3/t7-/m0/s1. The maximum atomic E-state index is 11.3. The molecule has 1 atom stereocenters. The van der Waals surface area contributed by atoms with Gasteiger partial charge in [-0.3, -0.25) is 4.79 Å². The molecular weight excluding hydrogens is 220 g/mol. The lowest BCUT2D eigenvalue weighted by Gasteiger charge is -2.01. The van der Waals surface area contributed by atoms with E-state index in [0.29, 0.717) is 11.3 Å². The molecule has 0 aliphatic heterocycles. The Hall–Kier alpha value is -1.81. The van der Waals surface area contributed by atoms with Crippen LogP contribution < -0.4 is 0 Å². The molecule has 2 N–H and O–H groups in total. The molecule has 1 aromatic heterocycles. The minimum Gasteiger partial charge on any atom is -0.507 e. The Morgan fingerprint density at radius 3 is 2.71 bits per heavy atom. The van der Waals surface area contributed by atoms with Gasteiger partial charge in [0.15, 0.2) is 5.78 Å². The Bertz CT molecular complexity index is 568. The van der Waals surface area contributed by atoms with Gasteiger partial charge in [-0.05, 0) is 19.1 Å². The predicted molar refractivity (Wildman–Crippen MR) is 63.4 cm³/mol. The average molecular weight is 234 g/mol. The Morgan fingerprint density at radius 1 is 1.41 bits per heavy atom. The van der Waals surface area contributed by atoms with Crippen LogP contribution in [0.25, 0.3) is 11.0 Å². The van der Waals surface area contributed by atoms with E-state index in [0.717, 1.165) is 5.39 Å². The van der Waals surface area contributed by atoms with Crippen LogP contribution >= 0.6 is 0 Å². The molecule has 2 rings (SSSR count). The first kappa shape index (κ1) is 11.7. The summed E-state index contributed by atoms with van der Waals surface area (Å²) in [6.45, 7) is 3.23. The summed E-state index contributed by atoms with van der Waals surface area (Å²) in [5, 5.41) is 19.5. The number of ketones is 1. The molecule has 4 nitrogen and oxygen atoms in total. The normalized spacial score (nSPS) is 12.9. The lowest BCUT2D eigenvalue weighted by molar-refractivity contribution is 0.101. The van der Waals surface area contributed by atoms with E-state index in [1.807, 2.05) is 6.92 Å². The van der Waals surface area contributed by atoms with Gasteiger partial charge in [-0.1, -0.05) is 6.92 Å². The smallest absolute Gasteiger partial charge is 0.163 e. The summed E-state index contributed by atoms with van der Waals surface area (Å²) in [6.07, 6.45) is 0. The zero-order valence-corrected chi connectivity index (χ0v) is 9.73. The number of furan rings is 1. The van der Waals surface area contributed by atoms with Crippen molar-refractivity contribution in [2.24, 2.45) is 0 Å². The van der Waals surface area contributed by atoms with Crippen LogP contribution in [-0.2, 0) is 0 Å². The fourth-order valence-electron chi connectivity index (χ4n) is 1.71. The van der Waals surface area contributed by atoms with Gasteiger partial charge in [-0.15, -0.1) is 0 Å². The van der Waals surface area contributed by atoms with Gasteiger partial charge in [0.1, 0.15) is 17.1 Å². The van der Waals surface area contributed by atoms with Crippen molar-refractivity contribution in [3.05, 3.63) is 29.5 Å². The van der Waals surface area contributed by atoms with Crippen molar-refractivity contribution in [1.29, 1.82) is 0 Å². The van der Waals surface area contributed by atoms with E-state index in [4.69, 9.17) is 9.52 Å². The second kappa shape index (κ2) is 4.22. The number of aliphatic hydroxyl groups is 1. The summed E-state index contributed by atoms with van der Waals surface area (Å²) >= 11 is 0. The van der Waals surface area contributed by atoms with Gasteiger partial charge in [-0.25, -0.2) is 0 Å². The minimum absolute atomic E-state index is 0.00856. The van der Waals surface area contributed by atoms with Crippen LogP contribution in [0.4, 0.5) is 0 Å². The minimum atomic E-state index is -0.192. The van der Waals surface area contributed by atoms with E-state index in [-0.39, 0.29) is 29.6 Å². The SMILES string of the molecule is CC(=O)c1cc2cc([C@@H](C)CO)oc2cc1O. The molecule has 2 aromatic rings. The third-order valence-corrected chi connectivity index (χ3v) is 2.79. The number of aromatic hydroxyl groups is 1. The molecule has 0 spiro atoms. The molecule has 1 aromatic carbocycles.